The number of benzene rings is 1. The largest absolute Gasteiger partial charge is 0.492 e. The van der Waals surface area contributed by atoms with E-state index in [1.807, 2.05) is 0 Å². The van der Waals surface area contributed by atoms with Crippen LogP contribution in [0.4, 0.5) is 0 Å². The third-order valence-corrected chi connectivity index (χ3v) is 5.24. The second-order valence-corrected chi connectivity index (χ2v) is 6.85. The minimum absolute atomic E-state index is 0.601. The fraction of sp³-hybridized carbons (Fsp3) is 0.667. The summed E-state index contributed by atoms with van der Waals surface area (Å²) >= 11 is 0. The van der Waals surface area contributed by atoms with Gasteiger partial charge in [0.25, 0.3) is 0 Å². The van der Waals surface area contributed by atoms with Crippen LogP contribution in [0.15, 0.2) is 18.2 Å². The van der Waals surface area contributed by atoms with Gasteiger partial charge in [0, 0.05) is 13.1 Å². The fourth-order valence-electron chi connectivity index (χ4n) is 3.89. The number of likely N-dealkylation sites (tertiary alicyclic amines) is 1. The quantitative estimate of drug-likeness (QED) is 0.922. The summed E-state index contributed by atoms with van der Waals surface area (Å²) < 4.78 is 6.05. The van der Waals surface area contributed by atoms with Crippen molar-refractivity contribution in [2.75, 3.05) is 39.3 Å². The van der Waals surface area contributed by atoms with Crippen LogP contribution in [0.25, 0.3) is 0 Å². The van der Waals surface area contributed by atoms with Crippen LogP contribution in [-0.2, 0) is 0 Å². The molecule has 1 aromatic carbocycles. The molecule has 0 saturated carbocycles. The van der Waals surface area contributed by atoms with Gasteiger partial charge in [0.2, 0.25) is 0 Å². The SMILES string of the molecule is Cc1cccc(C)c1OCCN1CCC2(CCNCC2)C1. The van der Waals surface area contributed by atoms with Gasteiger partial charge in [-0.2, -0.15) is 0 Å². The van der Waals surface area contributed by atoms with E-state index in [-0.39, 0.29) is 0 Å². The summed E-state index contributed by atoms with van der Waals surface area (Å²) in [4.78, 5) is 2.60. The molecule has 1 aromatic rings. The zero-order chi connectivity index (χ0) is 14.7. The summed E-state index contributed by atoms with van der Waals surface area (Å²) in [5.41, 5.74) is 3.08. The number of para-hydroxylation sites is 1. The molecule has 3 heteroatoms. The molecule has 2 heterocycles. The van der Waals surface area contributed by atoms with Crippen molar-refractivity contribution in [1.29, 1.82) is 0 Å². The molecule has 0 unspecified atom stereocenters. The van der Waals surface area contributed by atoms with Gasteiger partial charge in [-0.05, 0) is 69.3 Å². The molecule has 1 N–H and O–H groups in total. The van der Waals surface area contributed by atoms with Crippen LogP contribution >= 0.6 is 0 Å². The van der Waals surface area contributed by atoms with Gasteiger partial charge in [0.15, 0.2) is 0 Å². The number of piperidine rings is 1. The zero-order valence-electron chi connectivity index (χ0n) is 13.5. The van der Waals surface area contributed by atoms with E-state index in [9.17, 15) is 0 Å². The van der Waals surface area contributed by atoms with Crippen LogP contribution in [0.5, 0.6) is 5.75 Å². The lowest BCUT2D eigenvalue weighted by Crippen LogP contribution is -2.39. The van der Waals surface area contributed by atoms with Crippen LogP contribution in [0.2, 0.25) is 0 Å². The molecule has 2 aliphatic heterocycles. The maximum atomic E-state index is 6.05. The van der Waals surface area contributed by atoms with Gasteiger partial charge in [-0.15, -0.1) is 0 Å². The van der Waals surface area contributed by atoms with Crippen LogP contribution < -0.4 is 10.1 Å². The first kappa shape index (κ1) is 14.9. The molecule has 3 rings (SSSR count). The normalized spacial score (nSPS) is 21.8. The molecular formula is C18H28N2O. The summed E-state index contributed by atoms with van der Waals surface area (Å²) in [6.07, 6.45) is 4.07. The Morgan fingerprint density at radius 2 is 1.86 bits per heavy atom. The van der Waals surface area contributed by atoms with Crippen LogP contribution in [0, 0.1) is 19.3 Å². The Morgan fingerprint density at radius 1 is 1.14 bits per heavy atom. The lowest BCUT2D eigenvalue weighted by atomic mass is 9.78. The van der Waals surface area contributed by atoms with Gasteiger partial charge >= 0.3 is 0 Å². The lowest BCUT2D eigenvalue weighted by molar-refractivity contribution is 0.179. The van der Waals surface area contributed by atoms with E-state index < -0.39 is 0 Å². The van der Waals surface area contributed by atoms with Crippen molar-refractivity contribution in [3.63, 3.8) is 0 Å². The third kappa shape index (κ3) is 3.41. The molecule has 116 valence electrons. The van der Waals surface area contributed by atoms with Crippen molar-refractivity contribution in [3.8, 4) is 5.75 Å². The van der Waals surface area contributed by atoms with E-state index in [0.717, 1.165) is 18.9 Å². The second kappa shape index (κ2) is 6.37. The average Bonchev–Trinajstić information content (AvgIpc) is 2.86. The highest BCUT2D eigenvalue weighted by molar-refractivity contribution is 5.39. The van der Waals surface area contributed by atoms with Crippen molar-refractivity contribution in [2.24, 2.45) is 5.41 Å². The molecule has 2 aliphatic rings. The molecule has 0 aromatic heterocycles. The van der Waals surface area contributed by atoms with Gasteiger partial charge in [-0.3, -0.25) is 4.90 Å². The molecule has 21 heavy (non-hydrogen) atoms. The van der Waals surface area contributed by atoms with Crippen LogP contribution in [0.3, 0.4) is 0 Å². The van der Waals surface area contributed by atoms with Crippen molar-refractivity contribution in [2.45, 2.75) is 33.1 Å². The van der Waals surface area contributed by atoms with Gasteiger partial charge in [-0.25, -0.2) is 0 Å². The first-order valence-electron chi connectivity index (χ1n) is 8.31. The Labute approximate surface area is 128 Å². The van der Waals surface area contributed by atoms with Crippen molar-refractivity contribution >= 4 is 0 Å². The monoisotopic (exact) mass is 288 g/mol. The number of nitrogens with zero attached hydrogens (tertiary/aromatic N) is 1. The summed E-state index contributed by atoms with van der Waals surface area (Å²) in [5.74, 6) is 1.08. The number of hydrogen-bond acceptors (Lipinski definition) is 3. The number of hydrogen-bond donors (Lipinski definition) is 1. The minimum Gasteiger partial charge on any atom is -0.492 e. The first-order chi connectivity index (χ1) is 10.2. The Bertz CT molecular complexity index is 460. The van der Waals surface area contributed by atoms with Crippen molar-refractivity contribution in [3.05, 3.63) is 29.3 Å². The molecule has 0 radical (unpaired) electrons. The van der Waals surface area contributed by atoms with E-state index in [4.69, 9.17) is 4.74 Å². The summed E-state index contributed by atoms with van der Waals surface area (Å²) in [7, 11) is 0. The molecule has 1 spiro atoms. The van der Waals surface area contributed by atoms with E-state index in [1.54, 1.807) is 0 Å². The molecular weight excluding hydrogens is 260 g/mol. The summed E-state index contributed by atoms with van der Waals surface area (Å²) in [6, 6.07) is 6.35. The first-order valence-corrected chi connectivity index (χ1v) is 8.31. The Balaban J connectivity index is 1.48. The topological polar surface area (TPSA) is 24.5 Å². The average molecular weight is 288 g/mol. The van der Waals surface area contributed by atoms with Crippen molar-refractivity contribution in [1.82, 2.24) is 10.2 Å². The highest BCUT2D eigenvalue weighted by Crippen LogP contribution is 2.38. The van der Waals surface area contributed by atoms with Gasteiger partial charge in [0.1, 0.15) is 12.4 Å². The van der Waals surface area contributed by atoms with Gasteiger partial charge in [0.05, 0.1) is 0 Å². The highest BCUT2D eigenvalue weighted by Gasteiger charge is 2.38. The molecule has 2 fully saturated rings. The molecule has 2 saturated heterocycles. The molecule has 3 nitrogen and oxygen atoms in total. The summed E-state index contributed by atoms with van der Waals surface area (Å²) in [5, 5.41) is 3.48. The second-order valence-electron chi connectivity index (χ2n) is 6.85. The highest BCUT2D eigenvalue weighted by atomic mass is 16.5. The maximum absolute atomic E-state index is 6.05. The number of nitrogens with one attached hydrogen (secondary N) is 1. The van der Waals surface area contributed by atoms with Gasteiger partial charge < -0.3 is 10.1 Å². The Kier molecular flexibility index (Phi) is 4.51. The molecule has 0 bridgehead atoms. The van der Waals surface area contributed by atoms with Gasteiger partial charge in [-0.1, -0.05) is 18.2 Å². The predicted molar refractivity (Wildman–Crippen MR) is 87.0 cm³/mol. The van der Waals surface area contributed by atoms with Crippen LogP contribution in [0.1, 0.15) is 30.4 Å². The smallest absolute Gasteiger partial charge is 0.125 e. The van der Waals surface area contributed by atoms with E-state index in [2.05, 4.69) is 42.3 Å². The lowest BCUT2D eigenvalue weighted by Gasteiger charge is -2.33. The summed E-state index contributed by atoms with van der Waals surface area (Å²) in [6.45, 7) is 11.0. The number of aryl methyl sites for hydroxylation is 2. The number of rotatable bonds is 4. The standard InChI is InChI=1S/C18H28N2O/c1-15-4-3-5-16(2)17(15)21-13-12-20-11-8-18(14-20)6-9-19-10-7-18/h3-5,19H,6-14H2,1-2H3. The molecule has 0 aliphatic carbocycles. The van der Waals surface area contributed by atoms with E-state index >= 15 is 0 Å². The minimum atomic E-state index is 0.601. The van der Waals surface area contributed by atoms with E-state index in [0.29, 0.717) is 5.41 Å². The molecule has 0 atom stereocenters. The van der Waals surface area contributed by atoms with Crippen LogP contribution in [-0.4, -0.2) is 44.2 Å². The Hall–Kier alpha value is -1.06. The van der Waals surface area contributed by atoms with Crippen molar-refractivity contribution < 1.29 is 4.74 Å². The zero-order valence-corrected chi connectivity index (χ0v) is 13.5. The number of ether oxygens (including phenoxy) is 1. The van der Waals surface area contributed by atoms with E-state index in [1.165, 1.54) is 56.6 Å². The Morgan fingerprint density at radius 3 is 2.57 bits per heavy atom. The third-order valence-electron chi connectivity index (χ3n) is 5.24. The maximum Gasteiger partial charge on any atom is 0.125 e. The fourth-order valence-corrected chi connectivity index (χ4v) is 3.89. The molecule has 0 amide bonds. The predicted octanol–water partition coefficient (Wildman–Crippen LogP) is 2.76.